The molecule has 0 atom stereocenters. The molecular formula is C23H21N5O2. The van der Waals surface area contributed by atoms with E-state index in [2.05, 4.69) is 31.7 Å². The van der Waals surface area contributed by atoms with Crippen LogP contribution < -0.4 is 10.6 Å². The van der Waals surface area contributed by atoms with E-state index in [4.69, 9.17) is 0 Å². The molecule has 0 radical (unpaired) electrons. The predicted molar refractivity (Wildman–Crippen MR) is 114 cm³/mol. The fraction of sp³-hybridized carbons (Fsp3) is 0.130. The summed E-state index contributed by atoms with van der Waals surface area (Å²) >= 11 is 0. The Morgan fingerprint density at radius 2 is 1.77 bits per heavy atom. The molecule has 3 N–H and O–H groups in total. The van der Waals surface area contributed by atoms with E-state index in [1.807, 2.05) is 36.5 Å². The number of nitrogens with one attached hydrogen (secondary N) is 3. The molecule has 2 amide bonds. The lowest BCUT2D eigenvalue weighted by Gasteiger charge is -2.07. The number of carbonyl (C=O) groups is 2. The first-order chi connectivity index (χ1) is 14.7. The molecule has 0 aliphatic rings. The van der Waals surface area contributed by atoms with Gasteiger partial charge in [0.1, 0.15) is 5.69 Å². The molecule has 150 valence electrons. The lowest BCUT2D eigenvalue weighted by molar-refractivity contribution is 0.0946. The molecular weight excluding hydrogens is 378 g/mol. The van der Waals surface area contributed by atoms with Crippen LogP contribution in [0, 0.1) is 0 Å². The van der Waals surface area contributed by atoms with Crippen molar-refractivity contribution < 1.29 is 9.59 Å². The third-order valence-corrected chi connectivity index (χ3v) is 4.81. The molecule has 3 heterocycles. The summed E-state index contributed by atoms with van der Waals surface area (Å²) in [5.41, 5.74) is 3.77. The standard InChI is InChI=1S/C23H21N5O2/c29-22(26-12-8-18-15-27-20-4-2-1-3-19(18)20)17-7-11-25-21(13-17)23(30)28-14-16-5-9-24-10-6-16/h1-7,9-11,13,15,27H,8,12,14H2,(H,26,29)(H,28,30). The molecule has 3 aromatic heterocycles. The van der Waals surface area contributed by atoms with Crippen molar-refractivity contribution in [1.82, 2.24) is 25.6 Å². The van der Waals surface area contributed by atoms with Crippen LogP contribution in [0.5, 0.6) is 0 Å². The van der Waals surface area contributed by atoms with Crippen molar-refractivity contribution in [3.63, 3.8) is 0 Å². The Morgan fingerprint density at radius 1 is 0.933 bits per heavy atom. The lowest BCUT2D eigenvalue weighted by atomic mass is 10.1. The highest BCUT2D eigenvalue weighted by molar-refractivity contribution is 5.98. The SMILES string of the molecule is O=C(NCCc1c[nH]c2ccccc12)c1ccnc(C(=O)NCc2ccncc2)c1. The van der Waals surface area contributed by atoms with Crippen molar-refractivity contribution in [2.75, 3.05) is 6.54 Å². The first kappa shape index (κ1) is 19.3. The summed E-state index contributed by atoms with van der Waals surface area (Å²) in [7, 11) is 0. The zero-order chi connectivity index (χ0) is 20.8. The van der Waals surface area contributed by atoms with Crippen molar-refractivity contribution in [3.8, 4) is 0 Å². The van der Waals surface area contributed by atoms with Gasteiger partial charge in [-0.05, 0) is 47.9 Å². The van der Waals surface area contributed by atoms with Gasteiger partial charge in [-0.3, -0.25) is 19.6 Å². The first-order valence-corrected chi connectivity index (χ1v) is 9.67. The van der Waals surface area contributed by atoms with Crippen LogP contribution in [0.4, 0.5) is 0 Å². The highest BCUT2D eigenvalue weighted by atomic mass is 16.2. The number of nitrogens with zero attached hydrogens (tertiary/aromatic N) is 2. The average Bonchev–Trinajstić information content (AvgIpc) is 3.21. The summed E-state index contributed by atoms with van der Waals surface area (Å²) < 4.78 is 0. The van der Waals surface area contributed by atoms with Gasteiger partial charge in [0, 0.05) is 54.3 Å². The molecule has 4 aromatic rings. The van der Waals surface area contributed by atoms with Crippen molar-refractivity contribution in [2.24, 2.45) is 0 Å². The van der Waals surface area contributed by atoms with Gasteiger partial charge in [-0.1, -0.05) is 18.2 Å². The third-order valence-electron chi connectivity index (χ3n) is 4.81. The Bertz CT molecular complexity index is 1170. The van der Waals surface area contributed by atoms with Crippen LogP contribution in [0.1, 0.15) is 32.0 Å². The van der Waals surface area contributed by atoms with Gasteiger partial charge < -0.3 is 15.6 Å². The van der Waals surface area contributed by atoms with Crippen LogP contribution in [0.2, 0.25) is 0 Å². The first-order valence-electron chi connectivity index (χ1n) is 9.67. The summed E-state index contributed by atoms with van der Waals surface area (Å²) in [5, 5.41) is 6.86. The molecule has 4 rings (SSSR count). The molecule has 0 bridgehead atoms. The van der Waals surface area contributed by atoms with Crippen LogP contribution in [0.25, 0.3) is 10.9 Å². The number of aromatic nitrogens is 3. The maximum absolute atomic E-state index is 12.5. The van der Waals surface area contributed by atoms with E-state index >= 15 is 0 Å². The Hall–Kier alpha value is -4.00. The maximum atomic E-state index is 12.5. The molecule has 0 saturated heterocycles. The van der Waals surface area contributed by atoms with E-state index < -0.39 is 0 Å². The van der Waals surface area contributed by atoms with Gasteiger partial charge in [0.15, 0.2) is 0 Å². The zero-order valence-corrected chi connectivity index (χ0v) is 16.3. The normalized spacial score (nSPS) is 10.7. The monoisotopic (exact) mass is 399 g/mol. The van der Waals surface area contributed by atoms with Crippen molar-refractivity contribution in [3.05, 3.63) is 95.7 Å². The summed E-state index contributed by atoms with van der Waals surface area (Å²) in [6, 6.07) is 14.8. The number of H-pyrrole nitrogens is 1. The topological polar surface area (TPSA) is 99.8 Å². The highest BCUT2D eigenvalue weighted by Gasteiger charge is 2.12. The minimum atomic E-state index is -0.333. The Labute approximate surface area is 173 Å². The van der Waals surface area contributed by atoms with Crippen LogP contribution in [-0.4, -0.2) is 33.3 Å². The number of fused-ring (bicyclic) bond motifs is 1. The number of pyridine rings is 2. The van der Waals surface area contributed by atoms with Crippen LogP contribution in [-0.2, 0) is 13.0 Å². The maximum Gasteiger partial charge on any atom is 0.270 e. The fourth-order valence-corrected chi connectivity index (χ4v) is 3.22. The molecule has 0 aliphatic heterocycles. The second-order valence-corrected chi connectivity index (χ2v) is 6.83. The molecule has 1 aromatic carbocycles. The van der Waals surface area contributed by atoms with Gasteiger partial charge in [0.25, 0.3) is 11.8 Å². The molecule has 7 heteroatoms. The van der Waals surface area contributed by atoms with E-state index in [-0.39, 0.29) is 17.5 Å². The van der Waals surface area contributed by atoms with Crippen LogP contribution >= 0.6 is 0 Å². The minimum Gasteiger partial charge on any atom is -0.361 e. The number of carbonyl (C=O) groups excluding carboxylic acids is 2. The highest BCUT2D eigenvalue weighted by Crippen LogP contribution is 2.17. The summed E-state index contributed by atoms with van der Waals surface area (Å²) in [6.07, 6.45) is 7.48. The molecule has 0 spiro atoms. The van der Waals surface area contributed by atoms with Gasteiger partial charge in [-0.2, -0.15) is 0 Å². The number of benzene rings is 1. The Balaban J connectivity index is 1.33. The van der Waals surface area contributed by atoms with E-state index in [1.54, 1.807) is 18.5 Å². The van der Waals surface area contributed by atoms with E-state index in [9.17, 15) is 9.59 Å². The molecule has 0 unspecified atom stereocenters. The fourth-order valence-electron chi connectivity index (χ4n) is 3.22. The number of para-hydroxylation sites is 1. The van der Waals surface area contributed by atoms with E-state index in [0.717, 1.165) is 22.0 Å². The van der Waals surface area contributed by atoms with Crippen LogP contribution in [0.15, 0.2) is 73.3 Å². The van der Waals surface area contributed by atoms with Crippen LogP contribution in [0.3, 0.4) is 0 Å². The molecule has 0 fully saturated rings. The molecule has 7 nitrogen and oxygen atoms in total. The largest absolute Gasteiger partial charge is 0.361 e. The quantitative estimate of drug-likeness (QED) is 0.445. The second-order valence-electron chi connectivity index (χ2n) is 6.83. The number of rotatable bonds is 7. The Morgan fingerprint density at radius 3 is 2.63 bits per heavy atom. The number of amides is 2. The minimum absolute atomic E-state index is 0.202. The smallest absolute Gasteiger partial charge is 0.270 e. The molecule has 0 saturated carbocycles. The van der Waals surface area contributed by atoms with Gasteiger partial charge in [-0.15, -0.1) is 0 Å². The number of hydrogen-bond acceptors (Lipinski definition) is 4. The zero-order valence-electron chi connectivity index (χ0n) is 16.3. The van der Waals surface area contributed by atoms with Gasteiger partial charge in [0.05, 0.1) is 0 Å². The third kappa shape index (κ3) is 4.52. The van der Waals surface area contributed by atoms with Gasteiger partial charge >= 0.3 is 0 Å². The molecule has 0 aliphatic carbocycles. The second kappa shape index (κ2) is 9.00. The average molecular weight is 399 g/mol. The summed E-state index contributed by atoms with van der Waals surface area (Å²) in [5.74, 6) is -0.569. The number of hydrogen-bond donors (Lipinski definition) is 3. The van der Waals surface area contributed by atoms with Gasteiger partial charge in [-0.25, -0.2) is 0 Å². The van der Waals surface area contributed by atoms with Crippen molar-refractivity contribution in [2.45, 2.75) is 13.0 Å². The summed E-state index contributed by atoms with van der Waals surface area (Å²) in [6.45, 7) is 0.858. The lowest BCUT2D eigenvalue weighted by Crippen LogP contribution is -2.27. The van der Waals surface area contributed by atoms with E-state index in [0.29, 0.717) is 25.1 Å². The van der Waals surface area contributed by atoms with Crippen molar-refractivity contribution >= 4 is 22.7 Å². The number of aromatic amines is 1. The summed E-state index contributed by atoms with van der Waals surface area (Å²) in [4.78, 5) is 36.1. The molecule has 30 heavy (non-hydrogen) atoms. The van der Waals surface area contributed by atoms with E-state index in [1.165, 1.54) is 12.3 Å². The van der Waals surface area contributed by atoms with Gasteiger partial charge in [0.2, 0.25) is 0 Å². The predicted octanol–water partition coefficient (Wildman–Crippen LogP) is 2.86. The van der Waals surface area contributed by atoms with Crippen molar-refractivity contribution in [1.29, 1.82) is 0 Å². The Kier molecular flexibility index (Phi) is 5.80.